The number of rotatable bonds is 11. The number of nitrogens with one attached hydrogen (secondary N) is 1. The zero-order valence-corrected chi connectivity index (χ0v) is 29.0. The molecule has 4 rings (SSSR count). The second kappa shape index (κ2) is 14.9. The van der Waals surface area contributed by atoms with Gasteiger partial charge in [0.15, 0.2) is 0 Å². The predicted molar refractivity (Wildman–Crippen MR) is 180 cm³/mol. The molecule has 1 saturated heterocycles. The van der Waals surface area contributed by atoms with Crippen LogP contribution in [0, 0.1) is 6.92 Å². The van der Waals surface area contributed by atoms with E-state index in [1.54, 1.807) is 53.7 Å². The van der Waals surface area contributed by atoms with Crippen molar-refractivity contribution in [3.8, 4) is 11.3 Å². The molecule has 0 bridgehead atoms. The maximum Gasteiger partial charge on any atom is 0.416 e. The van der Waals surface area contributed by atoms with Crippen LogP contribution < -0.4 is 10.2 Å². The number of hydrogen-bond acceptors (Lipinski definition) is 10. The van der Waals surface area contributed by atoms with Gasteiger partial charge in [-0.2, -0.15) is 0 Å². The molecule has 1 aliphatic heterocycles. The van der Waals surface area contributed by atoms with E-state index in [2.05, 4.69) is 9.88 Å². The van der Waals surface area contributed by atoms with Crippen LogP contribution in [0.3, 0.4) is 0 Å². The summed E-state index contributed by atoms with van der Waals surface area (Å²) in [6.45, 7) is 13.3. The molecule has 48 heavy (non-hydrogen) atoms. The standard InChI is InChI=1S/C34H48N6O8/c1-21-36-26-13-9-11-24(29(26)38(21)20-23(18-35-8)46-16-15-41)25-12-10-14-28(37-25)40(32(45)48-34(5,6)7)22-17-27(30(42)43)39(19-22)31(44)47-33(2,3)4/h9-14,22-23,27,35,41H,15-20H2,1-8H3,(H,42,43)/t22-,23?,27-/m0/s1. The number of carbonyl (C=O) groups excluding carboxylic acids is 2. The number of anilines is 1. The van der Waals surface area contributed by atoms with Gasteiger partial charge in [-0.15, -0.1) is 0 Å². The van der Waals surface area contributed by atoms with Crippen molar-refractivity contribution >= 4 is 35.0 Å². The van der Waals surface area contributed by atoms with Gasteiger partial charge in [0.25, 0.3) is 0 Å². The lowest BCUT2D eigenvalue weighted by Gasteiger charge is -2.31. The summed E-state index contributed by atoms with van der Waals surface area (Å²) >= 11 is 0. The molecule has 1 unspecified atom stereocenters. The van der Waals surface area contributed by atoms with Crippen LogP contribution in [0.4, 0.5) is 15.4 Å². The lowest BCUT2D eigenvalue weighted by atomic mass is 10.1. The number of likely N-dealkylation sites (N-methyl/N-ethyl adjacent to an activating group) is 1. The molecule has 3 aromatic rings. The van der Waals surface area contributed by atoms with Crippen LogP contribution in [0.15, 0.2) is 36.4 Å². The topological polar surface area (TPSA) is 169 Å². The molecule has 1 aliphatic rings. The third-order valence-electron chi connectivity index (χ3n) is 7.62. The number of likely N-dealkylation sites (tertiary alicyclic amines) is 1. The summed E-state index contributed by atoms with van der Waals surface area (Å²) in [4.78, 5) is 51.5. The number of aromatic nitrogens is 3. The number of ether oxygens (including phenoxy) is 3. The number of carbonyl (C=O) groups is 3. The minimum Gasteiger partial charge on any atom is -0.480 e. The number of carboxylic acids is 1. The number of hydrogen-bond donors (Lipinski definition) is 3. The maximum atomic E-state index is 13.8. The Hall–Kier alpha value is -4.27. The van der Waals surface area contributed by atoms with E-state index in [-0.39, 0.29) is 38.1 Å². The zero-order chi connectivity index (χ0) is 35.4. The Kier molecular flexibility index (Phi) is 11.3. The van der Waals surface area contributed by atoms with Crippen LogP contribution in [0.1, 0.15) is 53.8 Å². The summed E-state index contributed by atoms with van der Waals surface area (Å²) in [5, 5.41) is 22.5. The third-order valence-corrected chi connectivity index (χ3v) is 7.62. The highest BCUT2D eigenvalue weighted by atomic mass is 16.6. The van der Waals surface area contributed by atoms with E-state index in [1.807, 2.05) is 38.2 Å². The molecule has 0 radical (unpaired) electrons. The summed E-state index contributed by atoms with van der Waals surface area (Å²) in [6, 6.07) is 8.98. The molecule has 3 atom stereocenters. The summed E-state index contributed by atoms with van der Waals surface area (Å²) in [5.41, 5.74) is 1.17. The Bertz CT molecular complexity index is 1610. The molecule has 0 aliphatic carbocycles. The molecule has 2 amide bonds. The first-order chi connectivity index (χ1) is 22.5. The molecule has 14 nitrogen and oxygen atoms in total. The fourth-order valence-electron chi connectivity index (χ4n) is 5.76. The fourth-order valence-corrected chi connectivity index (χ4v) is 5.76. The molecule has 3 N–H and O–H groups in total. The Morgan fingerprint density at radius 3 is 2.35 bits per heavy atom. The van der Waals surface area contributed by atoms with Crippen molar-refractivity contribution in [1.29, 1.82) is 0 Å². The number of aliphatic hydroxyl groups is 1. The van der Waals surface area contributed by atoms with E-state index in [4.69, 9.17) is 24.2 Å². The van der Waals surface area contributed by atoms with Gasteiger partial charge in [0, 0.05) is 25.1 Å². The van der Waals surface area contributed by atoms with Crippen molar-refractivity contribution < 1.29 is 38.8 Å². The Morgan fingerprint density at radius 1 is 1.04 bits per heavy atom. The summed E-state index contributed by atoms with van der Waals surface area (Å²) in [6.07, 6.45) is -1.80. The molecule has 1 aromatic carbocycles. The first kappa shape index (κ1) is 36.6. The van der Waals surface area contributed by atoms with Crippen LogP contribution in [-0.2, 0) is 25.5 Å². The fraction of sp³-hybridized carbons (Fsp3) is 0.559. The van der Waals surface area contributed by atoms with Crippen LogP contribution in [0.2, 0.25) is 0 Å². The largest absolute Gasteiger partial charge is 0.480 e. The van der Waals surface area contributed by atoms with Crippen molar-refractivity contribution in [3.63, 3.8) is 0 Å². The van der Waals surface area contributed by atoms with E-state index < -0.39 is 41.4 Å². The monoisotopic (exact) mass is 668 g/mol. The Balaban J connectivity index is 1.78. The maximum absolute atomic E-state index is 13.8. The highest BCUT2D eigenvalue weighted by molar-refractivity contribution is 5.93. The average molecular weight is 669 g/mol. The van der Waals surface area contributed by atoms with Gasteiger partial charge in [0.05, 0.1) is 48.6 Å². The van der Waals surface area contributed by atoms with Gasteiger partial charge in [0.1, 0.15) is 28.9 Å². The highest BCUT2D eigenvalue weighted by Crippen LogP contribution is 2.33. The second-order valence-electron chi connectivity index (χ2n) is 13.8. The number of amides is 2. The summed E-state index contributed by atoms with van der Waals surface area (Å²) in [5.74, 6) is -0.198. The van der Waals surface area contributed by atoms with Gasteiger partial charge in [-0.3, -0.25) is 9.80 Å². The summed E-state index contributed by atoms with van der Waals surface area (Å²) in [7, 11) is 1.83. The van der Waals surface area contributed by atoms with Gasteiger partial charge in [-0.25, -0.2) is 24.4 Å². The number of nitrogens with zero attached hydrogens (tertiary/aromatic N) is 5. The van der Waals surface area contributed by atoms with Gasteiger partial charge in [0.2, 0.25) is 0 Å². The Labute approximate surface area is 281 Å². The van der Waals surface area contributed by atoms with E-state index in [1.165, 1.54) is 4.90 Å². The normalized spacial score (nSPS) is 17.4. The van der Waals surface area contributed by atoms with Crippen LogP contribution in [0.5, 0.6) is 0 Å². The molecule has 14 heteroatoms. The molecule has 262 valence electrons. The van der Waals surface area contributed by atoms with Gasteiger partial charge < -0.3 is 34.3 Å². The zero-order valence-electron chi connectivity index (χ0n) is 29.0. The van der Waals surface area contributed by atoms with Crippen molar-refractivity contribution in [1.82, 2.24) is 24.8 Å². The highest BCUT2D eigenvalue weighted by Gasteiger charge is 2.46. The number of aliphatic hydroxyl groups excluding tert-OH is 1. The number of para-hydroxylation sites is 1. The molecular weight excluding hydrogens is 620 g/mol. The summed E-state index contributed by atoms with van der Waals surface area (Å²) < 4.78 is 19.2. The van der Waals surface area contributed by atoms with Crippen molar-refractivity contribution in [2.75, 3.05) is 38.3 Å². The lowest BCUT2D eigenvalue weighted by Crippen LogP contribution is -2.46. The number of carboxylic acid groups (broad SMARTS) is 1. The van der Waals surface area contributed by atoms with Crippen LogP contribution in [-0.4, -0.2) is 111 Å². The minimum absolute atomic E-state index is 0.0536. The van der Waals surface area contributed by atoms with Crippen LogP contribution in [0.25, 0.3) is 22.3 Å². The van der Waals surface area contributed by atoms with E-state index in [9.17, 15) is 24.6 Å². The molecule has 0 spiro atoms. The number of pyridine rings is 1. The van der Waals surface area contributed by atoms with Gasteiger partial charge >= 0.3 is 18.2 Å². The first-order valence-electron chi connectivity index (χ1n) is 16.1. The number of imidazole rings is 1. The van der Waals surface area contributed by atoms with Crippen LogP contribution >= 0.6 is 0 Å². The van der Waals surface area contributed by atoms with Crippen molar-refractivity contribution in [3.05, 3.63) is 42.2 Å². The SMILES string of the molecule is CNCC(Cn1c(C)nc2cccc(-c3cccc(N(C(=O)OC(C)(C)C)[C@H]4C[C@@H](C(=O)O)N(C(=O)OC(C)(C)C)C4)n3)c21)OCCO. The molecule has 0 saturated carbocycles. The third kappa shape index (κ3) is 8.79. The number of benzene rings is 1. The predicted octanol–water partition coefficient (Wildman–Crippen LogP) is 4.21. The van der Waals surface area contributed by atoms with E-state index >= 15 is 0 Å². The number of aryl methyl sites for hydroxylation is 1. The lowest BCUT2D eigenvalue weighted by molar-refractivity contribution is -0.142. The van der Waals surface area contributed by atoms with E-state index in [0.717, 1.165) is 27.3 Å². The molecule has 1 fully saturated rings. The molecule has 2 aromatic heterocycles. The Morgan fingerprint density at radius 2 is 1.73 bits per heavy atom. The number of fused-ring (bicyclic) bond motifs is 1. The average Bonchev–Trinajstić information content (AvgIpc) is 3.56. The molecule has 3 heterocycles. The van der Waals surface area contributed by atoms with Gasteiger partial charge in [-0.05, 0) is 73.7 Å². The smallest absolute Gasteiger partial charge is 0.416 e. The first-order valence-corrected chi connectivity index (χ1v) is 16.1. The van der Waals surface area contributed by atoms with Gasteiger partial charge in [-0.1, -0.05) is 18.2 Å². The quantitative estimate of drug-likeness (QED) is 0.268. The minimum atomic E-state index is -1.22. The van der Waals surface area contributed by atoms with Crippen molar-refractivity contribution in [2.45, 2.75) is 90.8 Å². The van der Waals surface area contributed by atoms with E-state index in [0.29, 0.717) is 18.8 Å². The number of aliphatic carboxylic acids is 1. The molecular formula is C34H48N6O8. The second-order valence-corrected chi connectivity index (χ2v) is 13.8. The van der Waals surface area contributed by atoms with Crippen molar-refractivity contribution in [2.24, 2.45) is 0 Å².